The third kappa shape index (κ3) is 2.56. The van der Waals surface area contributed by atoms with Gasteiger partial charge in [-0.15, -0.1) is 11.3 Å². The van der Waals surface area contributed by atoms with E-state index in [4.69, 9.17) is 11.6 Å². The summed E-state index contributed by atoms with van der Waals surface area (Å²) >= 11 is 7.28. The lowest BCUT2D eigenvalue weighted by atomic mass is 9.95. The van der Waals surface area contributed by atoms with Crippen molar-refractivity contribution in [1.29, 1.82) is 0 Å². The molecule has 1 saturated heterocycles. The van der Waals surface area contributed by atoms with Gasteiger partial charge in [0, 0.05) is 17.7 Å². The summed E-state index contributed by atoms with van der Waals surface area (Å²) in [6.45, 7) is 1.99. The van der Waals surface area contributed by atoms with Gasteiger partial charge in [-0.25, -0.2) is 0 Å². The maximum Gasteiger partial charge on any atom is 0.138 e. The van der Waals surface area contributed by atoms with Gasteiger partial charge in [0.2, 0.25) is 0 Å². The number of rotatable bonds is 4. The summed E-state index contributed by atoms with van der Waals surface area (Å²) in [5.74, 6) is 0.896. The second-order valence-electron chi connectivity index (χ2n) is 3.65. The molecule has 1 fully saturated rings. The Hall–Kier alpha value is -0.380. The number of Topliss-reactive ketones (excluding diaryl/α,β-unsaturated/α-hetero) is 1. The van der Waals surface area contributed by atoms with Crippen LogP contribution in [-0.4, -0.2) is 18.9 Å². The molecule has 0 unspecified atom stereocenters. The highest BCUT2D eigenvalue weighted by Crippen LogP contribution is 2.22. The van der Waals surface area contributed by atoms with Gasteiger partial charge in [0.1, 0.15) is 5.78 Å². The Bertz CT molecular complexity index is 333. The summed E-state index contributed by atoms with van der Waals surface area (Å²) in [5, 5.41) is 3.16. The van der Waals surface area contributed by atoms with Gasteiger partial charge >= 0.3 is 0 Å². The SMILES string of the molecule is O=C(Cc1ccc(Cl)s1)CC1CNC1. The molecule has 2 rings (SSSR count). The zero-order valence-corrected chi connectivity index (χ0v) is 9.33. The van der Waals surface area contributed by atoms with Crippen molar-refractivity contribution < 1.29 is 4.79 Å². The van der Waals surface area contributed by atoms with Gasteiger partial charge < -0.3 is 5.32 Å². The molecular formula is C10H12ClNOS. The minimum absolute atomic E-state index is 0.329. The predicted molar refractivity (Wildman–Crippen MR) is 59.0 cm³/mol. The van der Waals surface area contributed by atoms with Crippen LogP contribution >= 0.6 is 22.9 Å². The van der Waals surface area contributed by atoms with E-state index >= 15 is 0 Å². The molecule has 1 aliphatic rings. The van der Waals surface area contributed by atoms with Crippen LogP contribution in [-0.2, 0) is 11.2 Å². The fourth-order valence-corrected chi connectivity index (χ4v) is 2.64. The first-order chi connectivity index (χ1) is 6.74. The summed E-state index contributed by atoms with van der Waals surface area (Å²) in [6, 6.07) is 3.78. The molecule has 0 bridgehead atoms. The van der Waals surface area contributed by atoms with E-state index in [-0.39, 0.29) is 0 Å². The molecule has 1 aromatic heterocycles. The zero-order valence-electron chi connectivity index (χ0n) is 7.75. The topological polar surface area (TPSA) is 29.1 Å². The molecule has 0 amide bonds. The Morgan fingerprint density at radius 1 is 1.57 bits per heavy atom. The van der Waals surface area contributed by atoms with E-state index in [9.17, 15) is 4.79 Å². The van der Waals surface area contributed by atoms with Crippen molar-refractivity contribution in [2.24, 2.45) is 5.92 Å². The van der Waals surface area contributed by atoms with Gasteiger partial charge in [0.25, 0.3) is 0 Å². The van der Waals surface area contributed by atoms with Crippen LogP contribution in [0.25, 0.3) is 0 Å². The molecule has 4 heteroatoms. The average Bonchev–Trinajstić information content (AvgIpc) is 2.44. The van der Waals surface area contributed by atoms with Crippen LogP contribution in [0.4, 0.5) is 0 Å². The van der Waals surface area contributed by atoms with Crippen molar-refractivity contribution in [2.45, 2.75) is 12.8 Å². The number of carbonyl (C=O) groups excluding carboxylic acids is 1. The monoisotopic (exact) mass is 229 g/mol. The van der Waals surface area contributed by atoms with Gasteiger partial charge in [-0.3, -0.25) is 4.79 Å². The van der Waals surface area contributed by atoms with E-state index in [0.717, 1.165) is 22.3 Å². The van der Waals surface area contributed by atoms with Crippen molar-refractivity contribution >= 4 is 28.7 Å². The molecular weight excluding hydrogens is 218 g/mol. The van der Waals surface area contributed by atoms with Gasteiger partial charge in [0.05, 0.1) is 4.34 Å². The second kappa shape index (κ2) is 4.43. The average molecular weight is 230 g/mol. The third-order valence-electron chi connectivity index (χ3n) is 2.38. The van der Waals surface area contributed by atoms with Gasteiger partial charge in [-0.2, -0.15) is 0 Å². The first-order valence-corrected chi connectivity index (χ1v) is 5.90. The minimum atomic E-state index is 0.329. The number of nitrogens with one attached hydrogen (secondary N) is 1. The molecule has 76 valence electrons. The van der Waals surface area contributed by atoms with Gasteiger partial charge in [0.15, 0.2) is 0 Å². The van der Waals surface area contributed by atoms with Crippen LogP contribution in [0.15, 0.2) is 12.1 Å². The van der Waals surface area contributed by atoms with Crippen LogP contribution in [0.2, 0.25) is 4.34 Å². The van der Waals surface area contributed by atoms with Crippen molar-refractivity contribution in [3.8, 4) is 0 Å². The maximum absolute atomic E-state index is 11.6. The fraction of sp³-hybridized carbons (Fsp3) is 0.500. The normalized spacial score (nSPS) is 16.6. The van der Waals surface area contributed by atoms with Gasteiger partial charge in [-0.05, 0) is 31.1 Å². The molecule has 0 radical (unpaired) electrons. The minimum Gasteiger partial charge on any atom is -0.316 e. The molecule has 0 spiro atoms. The summed E-state index contributed by atoms with van der Waals surface area (Å²) < 4.78 is 0.762. The van der Waals surface area contributed by atoms with Crippen molar-refractivity contribution in [1.82, 2.24) is 5.32 Å². The Balaban J connectivity index is 1.81. The number of ketones is 1. The van der Waals surface area contributed by atoms with E-state index in [1.54, 1.807) is 0 Å². The maximum atomic E-state index is 11.6. The molecule has 2 heterocycles. The number of thiophene rings is 1. The summed E-state index contributed by atoms with van der Waals surface area (Å²) in [4.78, 5) is 12.6. The van der Waals surface area contributed by atoms with E-state index in [1.165, 1.54) is 11.3 Å². The summed E-state index contributed by atoms with van der Waals surface area (Å²) in [7, 11) is 0. The van der Waals surface area contributed by atoms with Crippen LogP contribution in [0.1, 0.15) is 11.3 Å². The number of carbonyl (C=O) groups is 1. The van der Waals surface area contributed by atoms with Gasteiger partial charge in [-0.1, -0.05) is 11.6 Å². The Morgan fingerprint density at radius 3 is 2.86 bits per heavy atom. The summed E-state index contributed by atoms with van der Waals surface area (Å²) in [5.41, 5.74) is 0. The van der Waals surface area contributed by atoms with E-state index in [1.807, 2.05) is 12.1 Å². The highest BCUT2D eigenvalue weighted by Gasteiger charge is 2.20. The van der Waals surface area contributed by atoms with Crippen LogP contribution in [0, 0.1) is 5.92 Å². The lowest BCUT2D eigenvalue weighted by molar-refractivity contribution is -0.119. The standard InChI is InChI=1S/C10H12ClNOS/c11-10-2-1-9(14-10)4-8(13)3-7-5-12-6-7/h1-2,7,12H,3-6H2. The van der Waals surface area contributed by atoms with Crippen LogP contribution in [0.5, 0.6) is 0 Å². The number of halogens is 1. The van der Waals surface area contributed by atoms with Crippen LogP contribution in [0.3, 0.4) is 0 Å². The fourth-order valence-electron chi connectivity index (χ4n) is 1.53. The quantitative estimate of drug-likeness (QED) is 0.857. The van der Waals surface area contributed by atoms with Crippen molar-refractivity contribution in [2.75, 3.05) is 13.1 Å². The Morgan fingerprint density at radius 2 is 2.36 bits per heavy atom. The second-order valence-corrected chi connectivity index (χ2v) is 5.45. The molecule has 14 heavy (non-hydrogen) atoms. The largest absolute Gasteiger partial charge is 0.316 e. The predicted octanol–water partition coefficient (Wildman–Crippen LogP) is 2.12. The van der Waals surface area contributed by atoms with E-state index in [2.05, 4.69) is 5.32 Å². The molecule has 0 atom stereocenters. The first-order valence-electron chi connectivity index (χ1n) is 4.70. The van der Waals surface area contributed by atoms with E-state index in [0.29, 0.717) is 24.5 Å². The lowest BCUT2D eigenvalue weighted by Crippen LogP contribution is -2.43. The van der Waals surface area contributed by atoms with E-state index < -0.39 is 0 Å². The number of hydrogen-bond acceptors (Lipinski definition) is 3. The first kappa shape index (κ1) is 10.1. The van der Waals surface area contributed by atoms with Crippen molar-refractivity contribution in [3.63, 3.8) is 0 Å². The molecule has 2 nitrogen and oxygen atoms in total. The molecule has 0 aliphatic carbocycles. The van der Waals surface area contributed by atoms with Crippen LogP contribution < -0.4 is 5.32 Å². The number of hydrogen-bond donors (Lipinski definition) is 1. The third-order valence-corrected chi connectivity index (χ3v) is 3.61. The zero-order chi connectivity index (χ0) is 9.97. The van der Waals surface area contributed by atoms with Crippen molar-refractivity contribution in [3.05, 3.63) is 21.3 Å². The lowest BCUT2D eigenvalue weighted by Gasteiger charge is -2.26. The highest BCUT2D eigenvalue weighted by atomic mass is 35.5. The molecule has 1 aliphatic heterocycles. The molecule has 1 N–H and O–H groups in total. The Labute approximate surface area is 92.3 Å². The smallest absolute Gasteiger partial charge is 0.138 e. The highest BCUT2D eigenvalue weighted by molar-refractivity contribution is 7.16. The summed E-state index contributed by atoms with van der Waals surface area (Å²) in [6.07, 6.45) is 1.26. The molecule has 0 saturated carbocycles. The molecule has 0 aromatic carbocycles. The Kier molecular flexibility index (Phi) is 3.21. The molecule has 1 aromatic rings.